The number of aliphatic imine (C=N–C) groups is 1. The molecule has 4 aromatic rings. The van der Waals surface area contributed by atoms with E-state index in [2.05, 4.69) is 60.9 Å². The lowest BCUT2D eigenvalue weighted by molar-refractivity contribution is 0.471. The van der Waals surface area contributed by atoms with E-state index in [0.717, 1.165) is 33.2 Å². The molecule has 3 aromatic carbocycles. The number of aromatic hydroxyl groups is 1. The van der Waals surface area contributed by atoms with Gasteiger partial charge in [0.25, 0.3) is 0 Å². The molecule has 0 fully saturated rings. The highest BCUT2D eigenvalue weighted by molar-refractivity contribution is 9.11. The van der Waals surface area contributed by atoms with Crippen molar-refractivity contribution < 1.29 is 9.52 Å². The number of rotatable bonds is 4. The highest BCUT2D eigenvalue weighted by Gasteiger charge is 2.10. The smallest absolute Gasteiger partial charge is 0.227 e. The fraction of sp³-hybridized carbons (Fsp3) is 0.0909. The number of benzene rings is 3. The number of phenols is 1. The van der Waals surface area contributed by atoms with Crippen LogP contribution in [0.15, 0.2) is 73.0 Å². The van der Waals surface area contributed by atoms with Crippen LogP contribution in [0.3, 0.4) is 0 Å². The zero-order chi connectivity index (χ0) is 19.7. The van der Waals surface area contributed by atoms with Crippen molar-refractivity contribution in [2.45, 2.75) is 13.3 Å². The summed E-state index contributed by atoms with van der Waals surface area (Å²) in [5.74, 6) is 0.710. The van der Waals surface area contributed by atoms with Crippen LogP contribution in [0.2, 0.25) is 0 Å². The molecule has 0 aliphatic rings. The van der Waals surface area contributed by atoms with Gasteiger partial charge in [0, 0.05) is 21.8 Å². The summed E-state index contributed by atoms with van der Waals surface area (Å²) < 4.78 is 7.37. The van der Waals surface area contributed by atoms with Crippen molar-refractivity contribution in [2.75, 3.05) is 0 Å². The van der Waals surface area contributed by atoms with Crippen molar-refractivity contribution in [1.82, 2.24) is 4.98 Å². The molecular formula is C22H16Br2N2O2. The van der Waals surface area contributed by atoms with Gasteiger partial charge in [-0.3, -0.25) is 4.99 Å². The van der Waals surface area contributed by atoms with Gasteiger partial charge >= 0.3 is 0 Å². The lowest BCUT2D eigenvalue weighted by Crippen LogP contribution is -1.84. The van der Waals surface area contributed by atoms with Gasteiger partial charge in [-0.2, -0.15) is 0 Å². The van der Waals surface area contributed by atoms with Crippen molar-refractivity contribution in [3.8, 4) is 17.2 Å². The third-order valence-corrected chi connectivity index (χ3v) is 5.43. The van der Waals surface area contributed by atoms with Gasteiger partial charge < -0.3 is 9.52 Å². The summed E-state index contributed by atoms with van der Waals surface area (Å²) in [5, 5.41) is 10.2. The third-order valence-electron chi connectivity index (χ3n) is 4.36. The number of oxazole rings is 1. The molecule has 0 aliphatic carbocycles. The number of aryl methyl sites for hydroxylation is 1. The molecule has 0 unspecified atom stereocenters. The van der Waals surface area contributed by atoms with Crippen molar-refractivity contribution in [3.05, 3.63) is 74.7 Å². The van der Waals surface area contributed by atoms with Crippen LogP contribution in [0.5, 0.6) is 5.75 Å². The van der Waals surface area contributed by atoms with Crippen LogP contribution in [-0.2, 0) is 6.42 Å². The van der Waals surface area contributed by atoms with Crippen molar-refractivity contribution in [3.63, 3.8) is 0 Å². The summed E-state index contributed by atoms with van der Waals surface area (Å²) in [7, 11) is 0. The van der Waals surface area contributed by atoms with Crippen LogP contribution in [0, 0.1) is 0 Å². The van der Waals surface area contributed by atoms with E-state index in [1.807, 2.05) is 30.3 Å². The number of nitrogens with zero attached hydrogens (tertiary/aromatic N) is 2. The summed E-state index contributed by atoms with van der Waals surface area (Å²) in [6.45, 7) is 2.12. The van der Waals surface area contributed by atoms with Gasteiger partial charge in [-0.1, -0.05) is 35.0 Å². The summed E-state index contributed by atoms with van der Waals surface area (Å²) in [6, 6.07) is 17.3. The summed E-state index contributed by atoms with van der Waals surface area (Å²) in [6.07, 6.45) is 2.59. The van der Waals surface area contributed by atoms with Crippen LogP contribution in [0.4, 0.5) is 5.69 Å². The summed E-state index contributed by atoms with van der Waals surface area (Å²) in [5.41, 5.74) is 5.05. The van der Waals surface area contributed by atoms with Crippen LogP contribution in [0.25, 0.3) is 22.6 Å². The number of aromatic nitrogens is 1. The molecule has 0 saturated carbocycles. The zero-order valence-corrected chi connectivity index (χ0v) is 18.2. The molecule has 4 rings (SSSR count). The van der Waals surface area contributed by atoms with E-state index in [-0.39, 0.29) is 5.75 Å². The minimum absolute atomic E-state index is 0.147. The third kappa shape index (κ3) is 3.88. The molecule has 0 atom stereocenters. The minimum Gasteiger partial charge on any atom is -0.506 e. The minimum atomic E-state index is 0.147. The molecule has 0 aliphatic heterocycles. The second-order valence-electron chi connectivity index (χ2n) is 6.31. The predicted octanol–water partition coefficient (Wildman–Crippen LogP) is 7.04. The fourth-order valence-corrected chi connectivity index (χ4v) is 4.12. The highest BCUT2D eigenvalue weighted by Crippen LogP contribution is 2.32. The van der Waals surface area contributed by atoms with E-state index in [4.69, 9.17) is 4.42 Å². The molecule has 1 aromatic heterocycles. The van der Waals surface area contributed by atoms with E-state index in [0.29, 0.717) is 15.9 Å². The Kier molecular flexibility index (Phi) is 5.33. The molecule has 28 heavy (non-hydrogen) atoms. The number of hydrogen-bond acceptors (Lipinski definition) is 4. The second-order valence-corrected chi connectivity index (χ2v) is 8.08. The van der Waals surface area contributed by atoms with Gasteiger partial charge in [0.15, 0.2) is 5.58 Å². The van der Waals surface area contributed by atoms with Crippen LogP contribution in [0.1, 0.15) is 18.1 Å². The Morgan fingerprint density at radius 2 is 1.96 bits per heavy atom. The van der Waals surface area contributed by atoms with Gasteiger partial charge in [-0.05, 0) is 70.4 Å². The average molecular weight is 500 g/mol. The van der Waals surface area contributed by atoms with Crippen LogP contribution in [-0.4, -0.2) is 16.3 Å². The number of fused-ring (bicyclic) bond motifs is 1. The Hall–Kier alpha value is -2.44. The highest BCUT2D eigenvalue weighted by atomic mass is 79.9. The molecule has 0 spiro atoms. The van der Waals surface area contributed by atoms with Crippen molar-refractivity contribution >= 4 is 54.9 Å². The first-order valence-corrected chi connectivity index (χ1v) is 10.3. The lowest BCUT2D eigenvalue weighted by atomic mass is 10.1. The molecule has 1 N–H and O–H groups in total. The Bertz CT molecular complexity index is 1200. The van der Waals surface area contributed by atoms with Gasteiger partial charge in [-0.25, -0.2) is 4.98 Å². The molecular weight excluding hydrogens is 484 g/mol. The van der Waals surface area contributed by atoms with E-state index in [1.54, 1.807) is 18.3 Å². The Morgan fingerprint density at radius 3 is 2.79 bits per heavy atom. The largest absolute Gasteiger partial charge is 0.506 e. The monoisotopic (exact) mass is 498 g/mol. The maximum atomic E-state index is 10.2. The second kappa shape index (κ2) is 7.89. The molecule has 140 valence electrons. The molecule has 0 bridgehead atoms. The molecule has 0 radical (unpaired) electrons. The predicted molar refractivity (Wildman–Crippen MR) is 120 cm³/mol. The number of hydrogen-bond donors (Lipinski definition) is 1. The fourth-order valence-electron chi connectivity index (χ4n) is 2.86. The average Bonchev–Trinajstić information content (AvgIpc) is 3.13. The zero-order valence-electron chi connectivity index (χ0n) is 15.0. The SMILES string of the molecule is CCc1ccc2oc(-c3cccc(N=Cc4cc(Br)cc(Br)c4O)c3)nc2c1. The Labute approximate surface area is 179 Å². The van der Waals surface area contributed by atoms with E-state index < -0.39 is 0 Å². The van der Waals surface area contributed by atoms with Gasteiger partial charge in [0.1, 0.15) is 11.3 Å². The van der Waals surface area contributed by atoms with Crippen LogP contribution >= 0.6 is 31.9 Å². The molecule has 4 nitrogen and oxygen atoms in total. The Morgan fingerprint density at radius 1 is 1.11 bits per heavy atom. The lowest BCUT2D eigenvalue weighted by Gasteiger charge is -2.03. The Balaban J connectivity index is 1.67. The maximum absolute atomic E-state index is 10.2. The molecule has 0 saturated heterocycles. The van der Waals surface area contributed by atoms with E-state index in [1.165, 1.54) is 5.56 Å². The maximum Gasteiger partial charge on any atom is 0.227 e. The normalized spacial score (nSPS) is 11.5. The standard InChI is InChI=1S/C22H16Br2N2O2/c1-2-13-6-7-20-19(8-13)26-22(28-20)14-4-3-5-17(10-14)25-12-15-9-16(23)11-18(24)21(15)27/h3-12,27H,2H2,1H3. The first kappa shape index (κ1) is 18.9. The van der Waals surface area contributed by atoms with Gasteiger partial charge in [0.05, 0.1) is 10.2 Å². The number of halogens is 2. The van der Waals surface area contributed by atoms with Crippen LogP contribution < -0.4 is 0 Å². The quantitative estimate of drug-likeness (QED) is 0.306. The van der Waals surface area contributed by atoms with Gasteiger partial charge in [0.2, 0.25) is 5.89 Å². The van der Waals surface area contributed by atoms with Gasteiger partial charge in [-0.15, -0.1) is 0 Å². The molecule has 0 amide bonds. The summed E-state index contributed by atoms with van der Waals surface area (Å²) >= 11 is 6.75. The topological polar surface area (TPSA) is 58.6 Å². The van der Waals surface area contributed by atoms with E-state index >= 15 is 0 Å². The molecule has 6 heteroatoms. The first-order chi connectivity index (χ1) is 13.5. The van der Waals surface area contributed by atoms with Crippen molar-refractivity contribution in [2.24, 2.45) is 4.99 Å². The van der Waals surface area contributed by atoms with E-state index in [9.17, 15) is 5.11 Å². The summed E-state index contributed by atoms with van der Waals surface area (Å²) in [4.78, 5) is 9.11. The number of phenolic OH excluding ortho intramolecular Hbond substituents is 1. The molecule has 1 heterocycles. The first-order valence-electron chi connectivity index (χ1n) is 8.75. The van der Waals surface area contributed by atoms with Crippen molar-refractivity contribution in [1.29, 1.82) is 0 Å².